The fourth-order valence-corrected chi connectivity index (χ4v) is 1.88. The van der Waals surface area contributed by atoms with Crippen molar-refractivity contribution in [1.29, 1.82) is 0 Å². The number of ether oxygens (including phenoxy) is 1. The van der Waals surface area contributed by atoms with Gasteiger partial charge in [0.25, 0.3) is 5.91 Å². The first-order chi connectivity index (χ1) is 8.20. The largest absolute Gasteiger partial charge is 0.399 e. The molecule has 2 N–H and O–H groups in total. The number of nitrogen functional groups attached to an aromatic ring is 1. The summed E-state index contributed by atoms with van der Waals surface area (Å²) < 4.78 is 5.53. The lowest BCUT2D eigenvalue weighted by Crippen LogP contribution is -2.45. The molecule has 1 fully saturated rings. The van der Waals surface area contributed by atoms with Gasteiger partial charge >= 0.3 is 0 Å². The maximum atomic E-state index is 12.2. The van der Waals surface area contributed by atoms with Crippen LogP contribution in [0.25, 0.3) is 0 Å². The molecule has 1 aromatic heterocycles. The number of morpholine rings is 1. The van der Waals surface area contributed by atoms with Crippen LogP contribution in [0.2, 0.25) is 0 Å². The second kappa shape index (κ2) is 5.14. The van der Waals surface area contributed by atoms with Crippen LogP contribution in [0.1, 0.15) is 23.8 Å². The third kappa shape index (κ3) is 2.74. The third-order valence-electron chi connectivity index (χ3n) is 2.88. The molecule has 1 atom stereocenters. The molecule has 0 saturated carbocycles. The van der Waals surface area contributed by atoms with E-state index in [1.165, 1.54) is 0 Å². The number of hydrogen-bond acceptors (Lipinski definition) is 4. The van der Waals surface area contributed by atoms with Gasteiger partial charge in [-0.2, -0.15) is 0 Å². The number of anilines is 1. The molecule has 5 heteroatoms. The van der Waals surface area contributed by atoms with Gasteiger partial charge in [0.05, 0.1) is 12.7 Å². The summed E-state index contributed by atoms with van der Waals surface area (Å²) in [7, 11) is 0. The van der Waals surface area contributed by atoms with Crippen molar-refractivity contribution < 1.29 is 9.53 Å². The van der Waals surface area contributed by atoms with Crippen molar-refractivity contribution in [2.45, 2.75) is 19.4 Å². The summed E-state index contributed by atoms with van der Waals surface area (Å²) in [6, 6.07) is 3.28. The third-order valence-corrected chi connectivity index (χ3v) is 2.88. The first-order valence-electron chi connectivity index (χ1n) is 5.83. The molecule has 1 aliphatic rings. The number of hydrogen-bond donors (Lipinski definition) is 1. The van der Waals surface area contributed by atoms with E-state index in [1.807, 2.05) is 0 Å². The molecule has 1 amide bonds. The van der Waals surface area contributed by atoms with Crippen molar-refractivity contribution in [1.82, 2.24) is 9.88 Å². The summed E-state index contributed by atoms with van der Waals surface area (Å²) in [6.45, 7) is 3.89. The molecule has 0 radical (unpaired) electrons. The van der Waals surface area contributed by atoms with Crippen LogP contribution in [0.3, 0.4) is 0 Å². The van der Waals surface area contributed by atoms with E-state index in [0.717, 1.165) is 6.42 Å². The van der Waals surface area contributed by atoms with Gasteiger partial charge in [0.15, 0.2) is 0 Å². The normalized spacial score (nSPS) is 20.3. The summed E-state index contributed by atoms with van der Waals surface area (Å²) in [5.41, 5.74) is 6.61. The van der Waals surface area contributed by atoms with Crippen LogP contribution in [-0.2, 0) is 4.74 Å². The zero-order valence-electron chi connectivity index (χ0n) is 9.93. The summed E-state index contributed by atoms with van der Waals surface area (Å²) in [6.07, 6.45) is 2.60. The van der Waals surface area contributed by atoms with E-state index >= 15 is 0 Å². The summed E-state index contributed by atoms with van der Waals surface area (Å²) in [5.74, 6) is -0.0703. The van der Waals surface area contributed by atoms with Crippen LogP contribution in [0.4, 0.5) is 5.69 Å². The van der Waals surface area contributed by atoms with Crippen LogP contribution in [0.15, 0.2) is 18.3 Å². The Morgan fingerprint density at radius 2 is 2.53 bits per heavy atom. The average Bonchev–Trinajstić information content (AvgIpc) is 2.38. The number of nitrogens with two attached hydrogens (primary N) is 1. The highest BCUT2D eigenvalue weighted by atomic mass is 16.5. The molecular weight excluding hydrogens is 218 g/mol. The minimum atomic E-state index is -0.0703. The second-order valence-corrected chi connectivity index (χ2v) is 4.13. The van der Waals surface area contributed by atoms with E-state index in [0.29, 0.717) is 31.1 Å². The molecule has 1 aromatic rings. The number of carbonyl (C=O) groups is 1. The molecule has 0 aliphatic carbocycles. The maximum Gasteiger partial charge on any atom is 0.272 e. The van der Waals surface area contributed by atoms with Gasteiger partial charge in [0.2, 0.25) is 0 Å². The Bertz CT molecular complexity index is 408. The van der Waals surface area contributed by atoms with Crippen LogP contribution in [0.5, 0.6) is 0 Å². The molecule has 1 unspecified atom stereocenters. The van der Waals surface area contributed by atoms with Crippen molar-refractivity contribution >= 4 is 11.6 Å². The summed E-state index contributed by atoms with van der Waals surface area (Å²) in [5, 5.41) is 0. The van der Waals surface area contributed by atoms with E-state index < -0.39 is 0 Å². The molecule has 1 aliphatic heterocycles. The molecular formula is C12H17N3O2. The van der Waals surface area contributed by atoms with Crippen LogP contribution in [0, 0.1) is 0 Å². The minimum Gasteiger partial charge on any atom is -0.399 e. The molecule has 17 heavy (non-hydrogen) atoms. The number of amides is 1. The molecule has 1 saturated heterocycles. The Morgan fingerprint density at radius 3 is 3.24 bits per heavy atom. The predicted octanol–water partition coefficient (Wildman–Crippen LogP) is 0.915. The molecule has 5 nitrogen and oxygen atoms in total. The lowest BCUT2D eigenvalue weighted by Gasteiger charge is -2.32. The number of aromatic nitrogens is 1. The molecule has 2 rings (SSSR count). The Kier molecular flexibility index (Phi) is 3.58. The highest BCUT2D eigenvalue weighted by Crippen LogP contribution is 2.12. The smallest absolute Gasteiger partial charge is 0.272 e. The Hall–Kier alpha value is -1.62. The molecule has 0 aromatic carbocycles. The van der Waals surface area contributed by atoms with Crippen LogP contribution in [-0.4, -0.2) is 41.6 Å². The quantitative estimate of drug-likeness (QED) is 0.827. The average molecular weight is 235 g/mol. The van der Waals surface area contributed by atoms with Gasteiger partial charge < -0.3 is 15.4 Å². The van der Waals surface area contributed by atoms with Crippen molar-refractivity contribution in [3.05, 3.63) is 24.0 Å². The van der Waals surface area contributed by atoms with Crippen molar-refractivity contribution in [3.63, 3.8) is 0 Å². The second-order valence-electron chi connectivity index (χ2n) is 4.13. The molecule has 0 spiro atoms. The standard InChI is InChI=1S/C12H17N3O2/c1-2-10-8-15(5-6-17-10)12(16)11-7-9(13)3-4-14-11/h3-4,7,10H,2,5-6,8H2,1H3,(H2,13,14). The topological polar surface area (TPSA) is 68.5 Å². The van der Waals surface area contributed by atoms with Gasteiger partial charge in [-0.15, -0.1) is 0 Å². The Labute approximate surface area is 101 Å². The fourth-order valence-electron chi connectivity index (χ4n) is 1.88. The van der Waals surface area contributed by atoms with Gasteiger partial charge in [-0.05, 0) is 18.6 Å². The number of pyridine rings is 1. The fraction of sp³-hybridized carbons (Fsp3) is 0.500. The van der Waals surface area contributed by atoms with E-state index in [-0.39, 0.29) is 12.0 Å². The van der Waals surface area contributed by atoms with Gasteiger partial charge in [-0.1, -0.05) is 6.92 Å². The van der Waals surface area contributed by atoms with Gasteiger partial charge in [-0.25, -0.2) is 0 Å². The first-order valence-corrected chi connectivity index (χ1v) is 5.83. The zero-order chi connectivity index (χ0) is 12.3. The van der Waals surface area contributed by atoms with Crippen molar-refractivity contribution in [2.75, 3.05) is 25.4 Å². The number of carbonyl (C=O) groups excluding carboxylic acids is 1. The van der Waals surface area contributed by atoms with Crippen LogP contribution < -0.4 is 5.73 Å². The zero-order valence-corrected chi connectivity index (χ0v) is 9.93. The van der Waals surface area contributed by atoms with Crippen molar-refractivity contribution in [2.24, 2.45) is 0 Å². The predicted molar refractivity (Wildman–Crippen MR) is 64.6 cm³/mol. The Balaban J connectivity index is 2.09. The monoisotopic (exact) mass is 235 g/mol. The lowest BCUT2D eigenvalue weighted by molar-refractivity contribution is -0.0228. The van der Waals surface area contributed by atoms with E-state index in [4.69, 9.17) is 10.5 Å². The van der Waals surface area contributed by atoms with Gasteiger partial charge in [0, 0.05) is 25.0 Å². The van der Waals surface area contributed by atoms with Crippen molar-refractivity contribution in [3.8, 4) is 0 Å². The van der Waals surface area contributed by atoms with Crippen LogP contribution >= 0.6 is 0 Å². The SMILES string of the molecule is CCC1CN(C(=O)c2cc(N)ccn2)CCO1. The highest BCUT2D eigenvalue weighted by Gasteiger charge is 2.24. The van der Waals surface area contributed by atoms with Gasteiger partial charge in [-0.3, -0.25) is 9.78 Å². The molecule has 2 heterocycles. The number of nitrogens with zero attached hydrogens (tertiary/aromatic N) is 2. The van der Waals surface area contributed by atoms with Gasteiger partial charge in [0.1, 0.15) is 5.69 Å². The molecule has 92 valence electrons. The minimum absolute atomic E-state index is 0.0703. The summed E-state index contributed by atoms with van der Waals surface area (Å²) >= 11 is 0. The first kappa shape index (κ1) is 11.9. The highest BCUT2D eigenvalue weighted by molar-refractivity contribution is 5.93. The maximum absolute atomic E-state index is 12.2. The lowest BCUT2D eigenvalue weighted by atomic mass is 10.2. The Morgan fingerprint density at radius 1 is 1.71 bits per heavy atom. The van der Waals surface area contributed by atoms with E-state index in [2.05, 4.69) is 11.9 Å². The van der Waals surface area contributed by atoms with E-state index in [9.17, 15) is 4.79 Å². The number of rotatable bonds is 2. The molecule has 0 bridgehead atoms. The van der Waals surface area contributed by atoms with E-state index in [1.54, 1.807) is 23.2 Å². The summed E-state index contributed by atoms with van der Waals surface area (Å²) in [4.78, 5) is 18.0.